The average molecular weight is 453 g/mol. The fraction of sp³-hybridized carbons (Fsp3) is 0.238. The molecule has 3 aromatic rings. The van der Waals surface area contributed by atoms with E-state index in [-0.39, 0.29) is 11.2 Å². The normalized spacial score (nSPS) is 13.7. The number of aromatic nitrogens is 1. The number of aryl methyl sites for hydroxylation is 1. The highest BCUT2D eigenvalue weighted by molar-refractivity contribution is 8.24. The van der Waals surface area contributed by atoms with Crippen LogP contribution in [0.25, 0.3) is 10.9 Å². The highest BCUT2D eigenvalue weighted by Crippen LogP contribution is 2.36. The van der Waals surface area contributed by atoms with Gasteiger partial charge in [0.2, 0.25) is 0 Å². The number of anilines is 1. The summed E-state index contributed by atoms with van der Waals surface area (Å²) < 4.78 is 60.6. The summed E-state index contributed by atoms with van der Waals surface area (Å²) in [5.74, 6) is -0.519. The number of nitrogens with one attached hydrogen (secondary N) is 2. The van der Waals surface area contributed by atoms with Crippen molar-refractivity contribution in [1.29, 1.82) is 0 Å². The van der Waals surface area contributed by atoms with Crippen LogP contribution < -0.4 is 10.0 Å². The van der Waals surface area contributed by atoms with Gasteiger partial charge in [-0.2, -0.15) is 13.2 Å². The molecule has 0 saturated carbocycles. The summed E-state index contributed by atoms with van der Waals surface area (Å²) in [7, 11) is -2.92. The standard InChI is InChI=1S/C21H22F3N3O3S/c1-12-10-15(6-8-17(12)27-31(3,29)30)13(2)25-20(28)18-9-5-14-4-7-16(21(22,23)24)11-19(14)26-18/h4-11,13,27,29-30H,1-3H3,(H,25,28)/t13-/m1/s1. The van der Waals surface area contributed by atoms with Gasteiger partial charge in [-0.25, -0.2) is 4.98 Å². The molecule has 1 heterocycles. The highest BCUT2D eigenvalue weighted by Gasteiger charge is 2.30. The van der Waals surface area contributed by atoms with Crippen molar-refractivity contribution in [2.75, 3.05) is 11.0 Å². The zero-order chi connectivity index (χ0) is 23.0. The number of carbonyl (C=O) groups excluding carboxylic acids is 1. The van der Waals surface area contributed by atoms with Crippen LogP contribution in [-0.4, -0.2) is 26.3 Å². The molecule has 1 amide bonds. The number of fused-ring (bicyclic) bond motifs is 1. The Morgan fingerprint density at radius 1 is 1.10 bits per heavy atom. The minimum atomic E-state index is -4.49. The first-order valence-electron chi connectivity index (χ1n) is 9.24. The maximum atomic E-state index is 12.9. The third-order valence-electron chi connectivity index (χ3n) is 4.65. The minimum absolute atomic E-state index is 0.00797. The SMILES string of the molecule is Cc1cc([C@@H](C)NC(=O)c2ccc3ccc(C(F)(F)F)cc3n2)ccc1NS(C)(O)O. The number of amides is 1. The summed E-state index contributed by atoms with van der Waals surface area (Å²) in [5.41, 5.74) is 1.34. The van der Waals surface area contributed by atoms with Crippen LogP contribution in [0.2, 0.25) is 0 Å². The molecule has 1 atom stereocenters. The third-order valence-corrected chi connectivity index (χ3v) is 5.26. The van der Waals surface area contributed by atoms with Crippen LogP contribution in [0.15, 0.2) is 48.5 Å². The highest BCUT2D eigenvalue weighted by atomic mass is 32.3. The maximum Gasteiger partial charge on any atom is 0.416 e. The molecule has 3 rings (SSSR count). The number of nitrogens with zero attached hydrogens (tertiary/aromatic N) is 1. The van der Waals surface area contributed by atoms with E-state index >= 15 is 0 Å². The lowest BCUT2D eigenvalue weighted by Crippen LogP contribution is -2.27. The molecule has 166 valence electrons. The van der Waals surface area contributed by atoms with Crippen LogP contribution >= 0.6 is 10.8 Å². The largest absolute Gasteiger partial charge is 0.416 e. The molecule has 0 spiro atoms. The molecular weight excluding hydrogens is 431 g/mol. The van der Waals surface area contributed by atoms with E-state index < -0.39 is 34.5 Å². The average Bonchev–Trinajstić information content (AvgIpc) is 2.66. The number of halogens is 3. The quantitative estimate of drug-likeness (QED) is 0.394. The van der Waals surface area contributed by atoms with E-state index in [4.69, 9.17) is 0 Å². The van der Waals surface area contributed by atoms with E-state index in [1.54, 1.807) is 38.1 Å². The van der Waals surface area contributed by atoms with Crippen molar-refractivity contribution in [3.63, 3.8) is 0 Å². The Bertz CT molecular complexity index is 1130. The van der Waals surface area contributed by atoms with Crippen LogP contribution in [0, 0.1) is 6.92 Å². The van der Waals surface area contributed by atoms with Gasteiger partial charge < -0.3 is 5.32 Å². The van der Waals surface area contributed by atoms with E-state index in [1.165, 1.54) is 18.4 Å². The first kappa shape index (κ1) is 22.9. The number of hydrogen-bond acceptors (Lipinski definition) is 5. The van der Waals surface area contributed by atoms with Crippen molar-refractivity contribution in [2.45, 2.75) is 26.1 Å². The number of benzene rings is 2. The molecule has 0 bridgehead atoms. The van der Waals surface area contributed by atoms with Crippen molar-refractivity contribution in [3.05, 3.63) is 70.9 Å². The molecule has 2 aromatic carbocycles. The Morgan fingerprint density at radius 2 is 1.77 bits per heavy atom. The smallest absolute Gasteiger partial charge is 0.344 e. The lowest BCUT2D eigenvalue weighted by molar-refractivity contribution is -0.137. The second-order valence-corrected chi connectivity index (χ2v) is 9.18. The number of hydrogen-bond donors (Lipinski definition) is 4. The third kappa shape index (κ3) is 5.66. The fourth-order valence-corrected chi connectivity index (χ4v) is 3.70. The molecule has 0 aliphatic carbocycles. The van der Waals surface area contributed by atoms with Gasteiger partial charge in [0, 0.05) is 11.6 Å². The molecular formula is C21H22F3N3O3S. The zero-order valence-corrected chi connectivity index (χ0v) is 17.8. The molecule has 4 N–H and O–H groups in total. The van der Waals surface area contributed by atoms with E-state index in [2.05, 4.69) is 15.0 Å². The first-order chi connectivity index (χ1) is 14.3. The topological polar surface area (TPSA) is 94.5 Å². The van der Waals surface area contributed by atoms with E-state index in [9.17, 15) is 27.1 Å². The molecule has 0 radical (unpaired) electrons. The first-order valence-corrected chi connectivity index (χ1v) is 11.2. The van der Waals surface area contributed by atoms with Crippen molar-refractivity contribution < 1.29 is 27.1 Å². The molecule has 1 aromatic heterocycles. The molecule has 0 saturated heterocycles. The number of carbonyl (C=O) groups is 1. The van der Waals surface area contributed by atoms with Gasteiger partial charge in [-0.15, -0.1) is 10.8 Å². The summed E-state index contributed by atoms with van der Waals surface area (Å²) in [5, 5.41) is 3.28. The van der Waals surface area contributed by atoms with Crippen LogP contribution in [-0.2, 0) is 6.18 Å². The summed E-state index contributed by atoms with van der Waals surface area (Å²) in [6.07, 6.45) is -3.22. The van der Waals surface area contributed by atoms with E-state index in [0.29, 0.717) is 11.1 Å². The Morgan fingerprint density at radius 3 is 2.39 bits per heavy atom. The lowest BCUT2D eigenvalue weighted by atomic mass is 10.0. The Hall–Kier alpha value is -2.82. The Labute approximate surface area is 179 Å². The predicted molar refractivity (Wildman–Crippen MR) is 116 cm³/mol. The van der Waals surface area contributed by atoms with E-state index in [0.717, 1.165) is 23.3 Å². The summed E-state index contributed by atoms with van der Waals surface area (Å²) in [4.78, 5) is 16.7. The zero-order valence-electron chi connectivity index (χ0n) is 17.0. The number of rotatable bonds is 5. The van der Waals surface area contributed by atoms with Crippen molar-refractivity contribution in [1.82, 2.24) is 10.3 Å². The van der Waals surface area contributed by atoms with Gasteiger partial charge in [-0.05, 0) is 49.2 Å². The summed E-state index contributed by atoms with van der Waals surface area (Å²) in [6.45, 7) is 3.55. The van der Waals surface area contributed by atoms with Gasteiger partial charge in [0.05, 0.1) is 22.8 Å². The summed E-state index contributed by atoms with van der Waals surface area (Å²) in [6, 6.07) is 11.0. The van der Waals surface area contributed by atoms with Crippen molar-refractivity contribution in [2.24, 2.45) is 0 Å². The Balaban J connectivity index is 1.79. The monoisotopic (exact) mass is 453 g/mol. The van der Waals surface area contributed by atoms with Crippen LogP contribution in [0.5, 0.6) is 0 Å². The van der Waals surface area contributed by atoms with Crippen LogP contribution in [0.3, 0.4) is 0 Å². The van der Waals surface area contributed by atoms with Gasteiger partial charge in [0.15, 0.2) is 0 Å². The molecule has 6 nitrogen and oxygen atoms in total. The van der Waals surface area contributed by atoms with Gasteiger partial charge in [0.1, 0.15) is 5.69 Å². The van der Waals surface area contributed by atoms with Gasteiger partial charge in [-0.3, -0.25) is 18.6 Å². The maximum absolute atomic E-state index is 12.9. The lowest BCUT2D eigenvalue weighted by Gasteiger charge is -2.29. The molecule has 0 aliphatic rings. The molecule has 0 aliphatic heterocycles. The Kier molecular flexibility index (Phi) is 6.17. The van der Waals surface area contributed by atoms with Gasteiger partial charge >= 0.3 is 6.18 Å². The predicted octanol–water partition coefficient (Wildman–Crippen LogP) is 5.76. The second kappa shape index (κ2) is 8.37. The van der Waals surface area contributed by atoms with Crippen molar-refractivity contribution in [3.8, 4) is 0 Å². The number of alkyl halides is 3. The fourth-order valence-electron chi connectivity index (χ4n) is 3.05. The molecule has 31 heavy (non-hydrogen) atoms. The summed E-state index contributed by atoms with van der Waals surface area (Å²) >= 11 is 0. The number of pyridine rings is 1. The molecule has 10 heteroatoms. The molecule has 0 fully saturated rings. The van der Waals surface area contributed by atoms with Gasteiger partial charge in [-0.1, -0.05) is 24.3 Å². The second-order valence-electron chi connectivity index (χ2n) is 7.31. The van der Waals surface area contributed by atoms with Crippen LogP contribution in [0.4, 0.5) is 18.9 Å². The molecule has 0 unspecified atom stereocenters. The van der Waals surface area contributed by atoms with Crippen LogP contribution in [0.1, 0.15) is 40.1 Å². The minimum Gasteiger partial charge on any atom is -0.344 e. The van der Waals surface area contributed by atoms with E-state index in [1.807, 2.05) is 0 Å². The van der Waals surface area contributed by atoms with Gasteiger partial charge in [0.25, 0.3) is 5.91 Å². The van der Waals surface area contributed by atoms with Crippen molar-refractivity contribution >= 4 is 33.3 Å².